The lowest BCUT2D eigenvalue weighted by Gasteiger charge is -2.41. The number of aryl methyl sites for hydroxylation is 2. The van der Waals surface area contributed by atoms with E-state index in [-0.39, 0.29) is 11.3 Å². The third-order valence-corrected chi connectivity index (χ3v) is 5.51. The SMILES string of the molecule is Cc1cccc(C(=O)N2CCCC(CC3CC3)(c3noc(C)n3)C2)c1. The molecule has 0 bridgehead atoms. The predicted molar refractivity (Wildman–Crippen MR) is 94.4 cm³/mol. The van der Waals surface area contributed by atoms with E-state index in [1.54, 1.807) is 0 Å². The van der Waals surface area contributed by atoms with Crippen molar-refractivity contribution in [3.8, 4) is 0 Å². The van der Waals surface area contributed by atoms with Gasteiger partial charge in [0.15, 0.2) is 5.82 Å². The van der Waals surface area contributed by atoms with E-state index in [0.29, 0.717) is 12.4 Å². The maximum atomic E-state index is 13.0. The molecule has 5 heteroatoms. The van der Waals surface area contributed by atoms with E-state index in [4.69, 9.17) is 4.52 Å². The maximum Gasteiger partial charge on any atom is 0.253 e. The number of carbonyl (C=O) groups excluding carboxylic acids is 1. The number of rotatable bonds is 4. The van der Waals surface area contributed by atoms with Gasteiger partial charge >= 0.3 is 0 Å². The van der Waals surface area contributed by atoms with Crippen LogP contribution in [0.25, 0.3) is 0 Å². The van der Waals surface area contributed by atoms with Crippen molar-refractivity contribution < 1.29 is 9.32 Å². The Morgan fingerprint density at radius 1 is 1.36 bits per heavy atom. The van der Waals surface area contributed by atoms with Gasteiger partial charge in [-0.3, -0.25) is 4.79 Å². The zero-order chi connectivity index (χ0) is 17.4. The van der Waals surface area contributed by atoms with Crippen LogP contribution in [0.5, 0.6) is 0 Å². The van der Waals surface area contributed by atoms with Crippen LogP contribution >= 0.6 is 0 Å². The number of amides is 1. The summed E-state index contributed by atoms with van der Waals surface area (Å²) in [6, 6.07) is 7.85. The molecule has 0 radical (unpaired) electrons. The number of likely N-dealkylation sites (tertiary alicyclic amines) is 1. The van der Waals surface area contributed by atoms with Crippen LogP contribution in [0.3, 0.4) is 0 Å². The first-order chi connectivity index (χ1) is 12.1. The molecule has 1 unspecified atom stereocenters. The second kappa shape index (κ2) is 6.28. The van der Waals surface area contributed by atoms with Crippen LogP contribution < -0.4 is 0 Å². The highest BCUT2D eigenvalue weighted by atomic mass is 16.5. The largest absolute Gasteiger partial charge is 0.340 e. The van der Waals surface area contributed by atoms with Crippen molar-refractivity contribution in [1.29, 1.82) is 0 Å². The second-order valence-electron chi connectivity index (χ2n) is 7.76. The van der Waals surface area contributed by atoms with Crippen molar-refractivity contribution in [3.63, 3.8) is 0 Å². The van der Waals surface area contributed by atoms with Crippen molar-refractivity contribution in [2.45, 2.75) is 51.4 Å². The van der Waals surface area contributed by atoms with Crippen LogP contribution in [0.1, 0.15) is 59.7 Å². The number of benzene rings is 1. The molecule has 1 amide bonds. The normalized spacial score (nSPS) is 23.7. The standard InChI is InChI=1S/C20H25N3O2/c1-14-5-3-6-17(11-14)18(24)23-10-4-9-20(13-23,12-16-7-8-16)19-21-15(2)25-22-19/h3,5-6,11,16H,4,7-10,12-13H2,1-2H3. The number of carbonyl (C=O) groups is 1. The molecule has 132 valence electrons. The number of nitrogens with zero attached hydrogens (tertiary/aromatic N) is 3. The average molecular weight is 339 g/mol. The fraction of sp³-hybridized carbons (Fsp3) is 0.550. The van der Waals surface area contributed by atoms with Gasteiger partial charge in [0.1, 0.15) is 0 Å². The van der Waals surface area contributed by atoms with Crippen molar-refractivity contribution in [1.82, 2.24) is 15.0 Å². The zero-order valence-electron chi connectivity index (χ0n) is 15.0. The Labute approximate surface area is 148 Å². The molecular weight excluding hydrogens is 314 g/mol. The van der Waals surface area contributed by atoms with E-state index in [1.165, 1.54) is 12.8 Å². The van der Waals surface area contributed by atoms with Gasteiger partial charge in [-0.15, -0.1) is 0 Å². The summed E-state index contributed by atoms with van der Waals surface area (Å²) in [6.45, 7) is 5.34. The van der Waals surface area contributed by atoms with Crippen LogP contribution in [-0.2, 0) is 5.41 Å². The van der Waals surface area contributed by atoms with Gasteiger partial charge in [0.2, 0.25) is 5.89 Å². The van der Waals surface area contributed by atoms with Gasteiger partial charge in [0.05, 0.1) is 5.41 Å². The van der Waals surface area contributed by atoms with Crippen LogP contribution in [-0.4, -0.2) is 34.0 Å². The van der Waals surface area contributed by atoms with E-state index in [2.05, 4.69) is 10.1 Å². The number of aromatic nitrogens is 2. The predicted octanol–water partition coefficient (Wildman–Crippen LogP) is 3.66. The number of hydrogen-bond donors (Lipinski definition) is 0. The van der Waals surface area contributed by atoms with E-state index in [1.807, 2.05) is 43.0 Å². The number of piperidine rings is 1. The van der Waals surface area contributed by atoms with Crippen molar-refractivity contribution >= 4 is 5.91 Å². The molecule has 4 rings (SSSR count). The Morgan fingerprint density at radius 2 is 2.20 bits per heavy atom. The summed E-state index contributed by atoms with van der Waals surface area (Å²) in [4.78, 5) is 19.6. The van der Waals surface area contributed by atoms with Crippen molar-refractivity contribution in [2.75, 3.05) is 13.1 Å². The fourth-order valence-electron chi connectivity index (χ4n) is 4.10. The monoisotopic (exact) mass is 339 g/mol. The lowest BCUT2D eigenvalue weighted by Crippen LogP contribution is -2.49. The van der Waals surface area contributed by atoms with Gasteiger partial charge in [0, 0.05) is 25.6 Å². The van der Waals surface area contributed by atoms with Crippen LogP contribution in [0.4, 0.5) is 0 Å². The molecule has 1 saturated heterocycles. The Hall–Kier alpha value is -2.17. The maximum absolute atomic E-state index is 13.0. The van der Waals surface area contributed by atoms with Gasteiger partial charge in [-0.05, 0) is 44.2 Å². The molecule has 1 aromatic carbocycles. The first-order valence-electron chi connectivity index (χ1n) is 9.22. The molecule has 25 heavy (non-hydrogen) atoms. The van der Waals surface area contributed by atoms with Gasteiger partial charge in [-0.25, -0.2) is 0 Å². The van der Waals surface area contributed by atoms with E-state index in [0.717, 1.165) is 48.7 Å². The molecule has 1 atom stereocenters. The Bertz CT molecular complexity index is 781. The van der Waals surface area contributed by atoms with Gasteiger partial charge in [-0.1, -0.05) is 35.7 Å². The lowest BCUT2D eigenvalue weighted by molar-refractivity contribution is 0.0607. The molecule has 1 saturated carbocycles. The Balaban J connectivity index is 1.61. The molecule has 2 aromatic rings. The molecule has 2 aliphatic rings. The summed E-state index contributed by atoms with van der Waals surface area (Å²) in [5.74, 6) is 2.25. The summed E-state index contributed by atoms with van der Waals surface area (Å²) in [6.07, 6.45) is 5.64. The molecule has 1 aliphatic carbocycles. The van der Waals surface area contributed by atoms with Gasteiger partial charge in [0.25, 0.3) is 5.91 Å². The number of hydrogen-bond acceptors (Lipinski definition) is 4. The van der Waals surface area contributed by atoms with Crippen LogP contribution in [0.15, 0.2) is 28.8 Å². The first kappa shape index (κ1) is 16.3. The molecule has 5 nitrogen and oxygen atoms in total. The topological polar surface area (TPSA) is 59.2 Å². The summed E-state index contributed by atoms with van der Waals surface area (Å²) < 4.78 is 5.28. The third kappa shape index (κ3) is 3.32. The quantitative estimate of drug-likeness (QED) is 0.853. The highest BCUT2D eigenvalue weighted by molar-refractivity contribution is 5.94. The molecule has 0 N–H and O–H groups in total. The van der Waals surface area contributed by atoms with Crippen molar-refractivity contribution in [2.24, 2.45) is 5.92 Å². The summed E-state index contributed by atoms with van der Waals surface area (Å²) in [5.41, 5.74) is 1.73. The minimum atomic E-state index is -0.156. The minimum Gasteiger partial charge on any atom is -0.340 e. The van der Waals surface area contributed by atoms with Crippen LogP contribution in [0, 0.1) is 19.8 Å². The zero-order valence-corrected chi connectivity index (χ0v) is 15.0. The lowest BCUT2D eigenvalue weighted by atomic mass is 9.74. The molecule has 1 aliphatic heterocycles. The highest BCUT2D eigenvalue weighted by Gasteiger charge is 2.45. The second-order valence-corrected chi connectivity index (χ2v) is 7.76. The third-order valence-electron chi connectivity index (χ3n) is 5.51. The van der Waals surface area contributed by atoms with Gasteiger partial charge < -0.3 is 9.42 Å². The van der Waals surface area contributed by atoms with Crippen LogP contribution in [0.2, 0.25) is 0 Å². The van der Waals surface area contributed by atoms with E-state index in [9.17, 15) is 4.79 Å². The fourth-order valence-corrected chi connectivity index (χ4v) is 4.10. The van der Waals surface area contributed by atoms with Crippen molar-refractivity contribution in [3.05, 3.63) is 47.1 Å². The van der Waals surface area contributed by atoms with E-state index < -0.39 is 0 Å². The molecule has 0 spiro atoms. The summed E-state index contributed by atoms with van der Waals surface area (Å²) in [5, 5.41) is 4.25. The molecule has 2 fully saturated rings. The molecule has 1 aromatic heterocycles. The average Bonchev–Trinajstić information content (AvgIpc) is 3.30. The first-order valence-corrected chi connectivity index (χ1v) is 9.22. The summed E-state index contributed by atoms with van der Waals surface area (Å²) in [7, 11) is 0. The smallest absolute Gasteiger partial charge is 0.253 e. The molecule has 2 heterocycles. The highest BCUT2D eigenvalue weighted by Crippen LogP contribution is 2.45. The minimum absolute atomic E-state index is 0.115. The molecular formula is C20H25N3O2. The van der Waals surface area contributed by atoms with E-state index >= 15 is 0 Å². The Kier molecular flexibility index (Phi) is 4.10. The Morgan fingerprint density at radius 3 is 2.88 bits per heavy atom. The summed E-state index contributed by atoms with van der Waals surface area (Å²) >= 11 is 0. The van der Waals surface area contributed by atoms with Gasteiger partial charge in [-0.2, -0.15) is 4.98 Å².